The van der Waals surface area contributed by atoms with E-state index in [9.17, 15) is 24.0 Å². The average Bonchev–Trinajstić information content (AvgIpc) is 3.11. The van der Waals surface area contributed by atoms with Crippen molar-refractivity contribution in [1.29, 1.82) is 0 Å². The average molecular weight is 735 g/mol. The zero-order valence-electron chi connectivity index (χ0n) is 31.6. The second kappa shape index (κ2) is 33.2. The second-order valence-corrected chi connectivity index (χ2v) is 13.6. The maximum atomic E-state index is 12.0. The fraction of sp³-hybridized carbons (Fsp3) is 0.732. The summed E-state index contributed by atoms with van der Waals surface area (Å²) >= 11 is 0. The molecular formula is C41H66O11. The monoisotopic (exact) mass is 734 g/mol. The Bertz CT molecular complexity index is 1030. The number of carboxylic acid groups (broad SMARTS) is 2. The maximum absolute atomic E-state index is 12.0. The van der Waals surface area contributed by atoms with Crippen LogP contribution in [0.5, 0.6) is 11.5 Å². The molecule has 1 aromatic carbocycles. The highest BCUT2D eigenvalue weighted by molar-refractivity contribution is 5.76. The van der Waals surface area contributed by atoms with Crippen LogP contribution < -0.4 is 9.47 Å². The number of rotatable bonds is 37. The first-order valence-electron chi connectivity index (χ1n) is 19.9. The molecule has 0 fully saturated rings. The molecule has 296 valence electrons. The lowest BCUT2D eigenvalue weighted by atomic mass is 10.1. The lowest BCUT2D eigenvalue weighted by Crippen LogP contribution is -2.09. The molecule has 0 amide bonds. The van der Waals surface area contributed by atoms with Gasteiger partial charge in [-0.15, -0.1) is 0 Å². The van der Waals surface area contributed by atoms with Crippen LogP contribution >= 0.6 is 0 Å². The minimum atomic E-state index is -0.717. The van der Waals surface area contributed by atoms with E-state index >= 15 is 0 Å². The van der Waals surface area contributed by atoms with Crippen molar-refractivity contribution in [1.82, 2.24) is 0 Å². The van der Waals surface area contributed by atoms with Crippen molar-refractivity contribution in [3.63, 3.8) is 0 Å². The van der Waals surface area contributed by atoms with Crippen LogP contribution in [0, 0.1) is 0 Å². The molecule has 0 radical (unpaired) electrons. The molecule has 0 aliphatic carbocycles. The van der Waals surface area contributed by atoms with Gasteiger partial charge in [-0.3, -0.25) is 24.0 Å². The summed E-state index contributed by atoms with van der Waals surface area (Å²) < 4.78 is 22.2. The van der Waals surface area contributed by atoms with E-state index in [1.165, 1.54) is 25.7 Å². The minimum Gasteiger partial charge on any atom is -0.493 e. The number of aldehydes is 1. The SMILES string of the molecule is O=Cc1cc(OCCCOC(=O)CCCCCCCCCCCCC(=O)O)cc(OCCCOC(=O)CCCCCCCCCCCCC(=O)O)c1. The summed E-state index contributed by atoms with van der Waals surface area (Å²) in [5, 5.41) is 17.3. The Kier molecular flexibility index (Phi) is 29.6. The van der Waals surface area contributed by atoms with Crippen molar-refractivity contribution in [2.45, 2.75) is 167 Å². The van der Waals surface area contributed by atoms with Crippen molar-refractivity contribution < 1.29 is 53.1 Å². The van der Waals surface area contributed by atoms with Gasteiger partial charge in [-0.05, 0) is 37.8 Å². The molecule has 52 heavy (non-hydrogen) atoms. The maximum Gasteiger partial charge on any atom is 0.305 e. The van der Waals surface area contributed by atoms with E-state index < -0.39 is 11.9 Å². The number of unbranched alkanes of at least 4 members (excludes halogenated alkanes) is 18. The van der Waals surface area contributed by atoms with Gasteiger partial charge in [0, 0.05) is 50.2 Å². The normalized spacial score (nSPS) is 10.8. The number of carboxylic acids is 2. The molecule has 0 aliphatic heterocycles. The number of carbonyl (C=O) groups excluding carboxylic acids is 3. The molecule has 0 heterocycles. The van der Waals surface area contributed by atoms with Crippen LogP contribution in [0.3, 0.4) is 0 Å². The number of hydrogen-bond donors (Lipinski definition) is 2. The third kappa shape index (κ3) is 30.0. The summed E-state index contributed by atoms with van der Waals surface area (Å²) in [6.45, 7) is 1.17. The molecule has 0 aliphatic rings. The molecule has 1 aromatic rings. The third-order valence-electron chi connectivity index (χ3n) is 8.72. The minimum absolute atomic E-state index is 0.201. The number of esters is 2. The Balaban J connectivity index is 2.03. The second-order valence-electron chi connectivity index (χ2n) is 13.6. The Morgan fingerprint density at radius 2 is 0.731 bits per heavy atom. The number of aliphatic carboxylic acids is 2. The molecule has 0 aromatic heterocycles. The Labute approximate surface area is 311 Å². The van der Waals surface area contributed by atoms with E-state index in [0.29, 0.717) is 56.0 Å². The summed E-state index contributed by atoms with van der Waals surface area (Å²) in [6, 6.07) is 4.96. The van der Waals surface area contributed by atoms with Gasteiger partial charge in [0.2, 0.25) is 0 Å². The fourth-order valence-corrected chi connectivity index (χ4v) is 5.76. The Morgan fingerprint density at radius 1 is 0.423 bits per heavy atom. The van der Waals surface area contributed by atoms with E-state index in [4.69, 9.17) is 29.2 Å². The van der Waals surface area contributed by atoms with Crippen LogP contribution in [0.4, 0.5) is 0 Å². The van der Waals surface area contributed by atoms with Crippen molar-refractivity contribution in [2.75, 3.05) is 26.4 Å². The highest BCUT2D eigenvalue weighted by Gasteiger charge is 2.07. The number of ether oxygens (including phenoxy) is 4. The Morgan fingerprint density at radius 3 is 1.04 bits per heavy atom. The summed E-state index contributed by atoms with van der Waals surface area (Å²) in [4.78, 5) is 56.5. The molecule has 0 spiro atoms. The van der Waals surface area contributed by atoms with Crippen LogP contribution in [-0.2, 0) is 28.7 Å². The predicted octanol–water partition coefficient (Wildman–Crippen LogP) is 9.65. The van der Waals surface area contributed by atoms with E-state index in [1.807, 2.05) is 0 Å². The van der Waals surface area contributed by atoms with Crippen molar-refractivity contribution in [3.8, 4) is 11.5 Å². The van der Waals surface area contributed by atoms with Crippen molar-refractivity contribution >= 4 is 30.2 Å². The highest BCUT2D eigenvalue weighted by atomic mass is 16.5. The summed E-state index contributed by atoms with van der Waals surface area (Å²) in [5.74, 6) is -0.858. The summed E-state index contributed by atoms with van der Waals surface area (Å²) in [6.07, 6.45) is 24.0. The first-order chi connectivity index (χ1) is 25.3. The van der Waals surface area contributed by atoms with Gasteiger partial charge in [0.25, 0.3) is 0 Å². The number of benzene rings is 1. The van der Waals surface area contributed by atoms with Gasteiger partial charge in [0.1, 0.15) is 17.8 Å². The molecule has 11 nitrogen and oxygen atoms in total. The van der Waals surface area contributed by atoms with Gasteiger partial charge >= 0.3 is 23.9 Å². The lowest BCUT2D eigenvalue weighted by Gasteiger charge is -2.11. The lowest BCUT2D eigenvalue weighted by molar-refractivity contribution is -0.144. The van der Waals surface area contributed by atoms with Gasteiger partial charge in [-0.25, -0.2) is 0 Å². The fourth-order valence-electron chi connectivity index (χ4n) is 5.76. The van der Waals surface area contributed by atoms with Crippen molar-refractivity contribution in [2.24, 2.45) is 0 Å². The molecular weight excluding hydrogens is 668 g/mol. The molecule has 0 saturated heterocycles. The van der Waals surface area contributed by atoms with Crippen LogP contribution in [0.15, 0.2) is 18.2 Å². The van der Waals surface area contributed by atoms with Crippen LogP contribution in [0.1, 0.15) is 177 Å². The number of carbonyl (C=O) groups is 5. The van der Waals surface area contributed by atoms with Gasteiger partial charge in [0.05, 0.1) is 26.4 Å². The first kappa shape index (κ1) is 46.4. The van der Waals surface area contributed by atoms with Gasteiger partial charge in [0.15, 0.2) is 0 Å². The quantitative estimate of drug-likeness (QED) is 0.0380. The molecule has 0 unspecified atom stereocenters. The van der Waals surface area contributed by atoms with E-state index in [2.05, 4.69) is 0 Å². The predicted molar refractivity (Wildman–Crippen MR) is 200 cm³/mol. The zero-order chi connectivity index (χ0) is 37.9. The van der Waals surface area contributed by atoms with Gasteiger partial charge in [-0.2, -0.15) is 0 Å². The smallest absolute Gasteiger partial charge is 0.305 e. The third-order valence-corrected chi connectivity index (χ3v) is 8.72. The molecule has 2 N–H and O–H groups in total. The van der Waals surface area contributed by atoms with Crippen LogP contribution in [0.2, 0.25) is 0 Å². The van der Waals surface area contributed by atoms with E-state index in [0.717, 1.165) is 109 Å². The summed E-state index contributed by atoms with van der Waals surface area (Å²) in [5.41, 5.74) is 0.423. The molecule has 11 heteroatoms. The van der Waals surface area contributed by atoms with Gasteiger partial charge < -0.3 is 29.2 Å². The molecule has 0 saturated carbocycles. The van der Waals surface area contributed by atoms with Crippen LogP contribution in [0.25, 0.3) is 0 Å². The highest BCUT2D eigenvalue weighted by Crippen LogP contribution is 2.23. The summed E-state index contributed by atoms with van der Waals surface area (Å²) in [7, 11) is 0. The largest absolute Gasteiger partial charge is 0.493 e. The Hall–Kier alpha value is -3.63. The molecule has 1 rings (SSSR count). The molecule has 0 bridgehead atoms. The zero-order valence-corrected chi connectivity index (χ0v) is 31.6. The van der Waals surface area contributed by atoms with Crippen LogP contribution in [-0.4, -0.2) is 66.8 Å². The number of hydrogen-bond acceptors (Lipinski definition) is 9. The van der Waals surface area contributed by atoms with Gasteiger partial charge in [-0.1, -0.05) is 103 Å². The molecule has 0 atom stereocenters. The standard InChI is InChI=1S/C41H66O11/c42-34-35-31-36(49-27-21-29-51-40(47)25-19-15-11-7-3-1-5-9-13-17-23-38(43)44)33-37(32-35)50-28-22-30-52-41(48)26-20-16-12-8-4-2-6-10-14-18-24-39(45)46/h31-34H,1-30H2,(H,43,44)(H,45,46). The topological polar surface area (TPSA) is 163 Å². The first-order valence-corrected chi connectivity index (χ1v) is 19.9. The van der Waals surface area contributed by atoms with E-state index in [-0.39, 0.29) is 38.0 Å². The van der Waals surface area contributed by atoms with Crippen molar-refractivity contribution in [3.05, 3.63) is 23.8 Å². The van der Waals surface area contributed by atoms with E-state index in [1.54, 1.807) is 18.2 Å².